The van der Waals surface area contributed by atoms with Crippen molar-refractivity contribution >= 4 is 23.0 Å². The van der Waals surface area contributed by atoms with Crippen LogP contribution in [0.2, 0.25) is 0 Å². The summed E-state index contributed by atoms with van der Waals surface area (Å²) in [4.78, 5) is 0. The van der Waals surface area contributed by atoms with Crippen LogP contribution in [0.3, 0.4) is 0 Å². The van der Waals surface area contributed by atoms with E-state index < -0.39 is 0 Å². The Balaban J connectivity index is 2.68. The highest BCUT2D eigenvalue weighted by molar-refractivity contribution is 7.80. The molecule has 1 heterocycles. The molecule has 0 aliphatic carbocycles. The van der Waals surface area contributed by atoms with Crippen molar-refractivity contribution in [3.05, 3.63) is 11.4 Å². The molecule has 96 valence electrons. The van der Waals surface area contributed by atoms with Gasteiger partial charge in [-0.15, -0.1) is 0 Å². The molecular weight excluding hydrogens is 232 g/mol. The smallest absolute Gasteiger partial charge is 0.170 e. The number of aryl methyl sites for hydroxylation is 2. The molecule has 4 nitrogen and oxygen atoms in total. The Bertz CT molecular complexity index is 395. The van der Waals surface area contributed by atoms with Crippen molar-refractivity contribution in [2.75, 3.05) is 11.9 Å². The van der Waals surface area contributed by atoms with Gasteiger partial charge in [0.1, 0.15) is 0 Å². The van der Waals surface area contributed by atoms with Crippen molar-refractivity contribution < 1.29 is 0 Å². The van der Waals surface area contributed by atoms with E-state index in [1.165, 1.54) is 0 Å². The minimum absolute atomic E-state index is 0.579. The molecule has 0 saturated heterocycles. The van der Waals surface area contributed by atoms with Crippen LogP contribution < -0.4 is 10.6 Å². The molecule has 0 aliphatic rings. The molecule has 0 fully saturated rings. The Morgan fingerprint density at radius 2 is 2.06 bits per heavy atom. The fraction of sp³-hybridized carbons (Fsp3) is 0.667. The van der Waals surface area contributed by atoms with Gasteiger partial charge >= 0.3 is 0 Å². The number of hydrogen-bond acceptors (Lipinski definition) is 2. The second kappa shape index (κ2) is 6.00. The Labute approximate surface area is 109 Å². The van der Waals surface area contributed by atoms with Gasteiger partial charge in [-0.2, -0.15) is 5.10 Å². The highest BCUT2D eigenvalue weighted by Gasteiger charge is 2.11. The summed E-state index contributed by atoms with van der Waals surface area (Å²) in [6.07, 6.45) is 0. The number of aromatic nitrogens is 2. The van der Waals surface area contributed by atoms with Crippen molar-refractivity contribution in [2.45, 2.75) is 41.2 Å². The standard InChI is InChI=1S/C12H22N4S/c1-6-16-10(5)11(9(4)15-16)14-12(17)13-7-8(2)3/h8H,6-7H2,1-5H3,(H2,13,14,17). The van der Waals surface area contributed by atoms with Gasteiger partial charge in [0.2, 0.25) is 0 Å². The van der Waals surface area contributed by atoms with Gasteiger partial charge in [0.25, 0.3) is 0 Å². The number of thiocarbonyl (C=S) groups is 1. The first-order valence-corrected chi connectivity index (χ1v) is 6.45. The fourth-order valence-electron chi connectivity index (χ4n) is 1.64. The first-order chi connectivity index (χ1) is 7.95. The molecular formula is C12H22N4S. The Kier molecular flexibility index (Phi) is 4.93. The zero-order valence-electron chi connectivity index (χ0n) is 11.3. The molecule has 0 atom stereocenters. The van der Waals surface area contributed by atoms with Gasteiger partial charge in [0.05, 0.1) is 17.1 Å². The van der Waals surface area contributed by atoms with Gasteiger partial charge < -0.3 is 10.6 Å². The fourth-order valence-corrected chi connectivity index (χ4v) is 1.83. The number of nitrogens with zero attached hydrogens (tertiary/aromatic N) is 2. The van der Waals surface area contributed by atoms with Crippen LogP contribution in [0.1, 0.15) is 32.2 Å². The van der Waals surface area contributed by atoms with Crippen molar-refractivity contribution in [3.8, 4) is 0 Å². The molecule has 1 rings (SSSR count). The minimum Gasteiger partial charge on any atom is -0.362 e. The molecule has 0 bridgehead atoms. The summed E-state index contributed by atoms with van der Waals surface area (Å²) in [5.74, 6) is 0.579. The summed E-state index contributed by atoms with van der Waals surface area (Å²) in [5.41, 5.74) is 3.13. The molecule has 1 aromatic heterocycles. The summed E-state index contributed by atoms with van der Waals surface area (Å²) in [5, 5.41) is 11.5. The van der Waals surface area contributed by atoms with E-state index in [4.69, 9.17) is 12.2 Å². The normalized spacial score (nSPS) is 10.7. The first kappa shape index (κ1) is 14.0. The average molecular weight is 254 g/mol. The van der Waals surface area contributed by atoms with Gasteiger partial charge in [0.15, 0.2) is 5.11 Å². The van der Waals surface area contributed by atoms with Crippen molar-refractivity contribution in [3.63, 3.8) is 0 Å². The molecule has 5 heteroatoms. The zero-order chi connectivity index (χ0) is 13.0. The van der Waals surface area contributed by atoms with Crippen LogP contribution >= 0.6 is 12.2 Å². The van der Waals surface area contributed by atoms with Crippen LogP contribution in [-0.4, -0.2) is 21.4 Å². The lowest BCUT2D eigenvalue weighted by Crippen LogP contribution is -2.31. The van der Waals surface area contributed by atoms with E-state index in [1.54, 1.807) is 0 Å². The van der Waals surface area contributed by atoms with Crippen molar-refractivity contribution in [1.29, 1.82) is 0 Å². The summed E-state index contributed by atoms with van der Waals surface area (Å²) >= 11 is 5.26. The molecule has 0 unspecified atom stereocenters. The van der Waals surface area contributed by atoms with E-state index in [-0.39, 0.29) is 0 Å². The van der Waals surface area contributed by atoms with Gasteiger partial charge in [-0.1, -0.05) is 13.8 Å². The highest BCUT2D eigenvalue weighted by atomic mass is 32.1. The third kappa shape index (κ3) is 3.70. The molecule has 17 heavy (non-hydrogen) atoms. The summed E-state index contributed by atoms with van der Waals surface area (Å²) in [6.45, 7) is 12.2. The van der Waals surface area contributed by atoms with Crippen LogP contribution in [0.5, 0.6) is 0 Å². The van der Waals surface area contributed by atoms with E-state index in [1.807, 2.05) is 11.6 Å². The van der Waals surface area contributed by atoms with Crippen LogP contribution in [0.25, 0.3) is 0 Å². The lowest BCUT2D eigenvalue weighted by molar-refractivity contribution is 0.627. The Hall–Kier alpha value is -1.10. The summed E-state index contributed by atoms with van der Waals surface area (Å²) < 4.78 is 1.97. The van der Waals surface area contributed by atoms with Gasteiger partial charge in [0, 0.05) is 13.1 Å². The van der Waals surface area contributed by atoms with Gasteiger partial charge in [-0.25, -0.2) is 0 Å². The van der Waals surface area contributed by atoms with Crippen LogP contribution in [0.15, 0.2) is 0 Å². The monoisotopic (exact) mass is 254 g/mol. The Morgan fingerprint density at radius 3 is 2.53 bits per heavy atom. The molecule has 0 aromatic carbocycles. The minimum atomic E-state index is 0.579. The Morgan fingerprint density at radius 1 is 1.41 bits per heavy atom. The predicted octanol–water partition coefficient (Wildman–Crippen LogP) is 2.46. The van der Waals surface area contributed by atoms with Crippen molar-refractivity contribution in [2.24, 2.45) is 5.92 Å². The maximum Gasteiger partial charge on any atom is 0.170 e. The molecule has 0 amide bonds. The molecule has 0 saturated carbocycles. The third-order valence-electron chi connectivity index (χ3n) is 2.59. The van der Waals surface area contributed by atoms with Gasteiger partial charge in [-0.05, 0) is 38.9 Å². The zero-order valence-corrected chi connectivity index (χ0v) is 12.1. The maximum atomic E-state index is 5.26. The van der Waals surface area contributed by atoms with E-state index in [0.717, 1.165) is 30.2 Å². The van der Waals surface area contributed by atoms with Crippen LogP contribution in [0.4, 0.5) is 5.69 Å². The quantitative estimate of drug-likeness (QED) is 0.810. The lowest BCUT2D eigenvalue weighted by Gasteiger charge is -2.12. The van der Waals surface area contributed by atoms with E-state index >= 15 is 0 Å². The SMILES string of the molecule is CCn1nc(C)c(NC(=S)NCC(C)C)c1C. The number of rotatable bonds is 4. The van der Waals surface area contributed by atoms with Crippen LogP contribution in [-0.2, 0) is 6.54 Å². The second-order valence-electron chi connectivity index (χ2n) is 4.59. The van der Waals surface area contributed by atoms with E-state index in [0.29, 0.717) is 11.0 Å². The van der Waals surface area contributed by atoms with Crippen molar-refractivity contribution in [1.82, 2.24) is 15.1 Å². The number of anilines is 1. The maximum absolute atomic E-state index is 5.26. The topological polar surface area (TPSA) is 41.9 Å². The highest BCUT2D eigenvalue weighted by Crippen LogP contribution is 2.18. The molecule has 0 spiro atoms. The van der Waals surface area contributed by atoms with E-state index in [9.17, 15) is 0 Å². The lowest BCUT2D eigenvalue weighted by atomic mass is 10.2. The molecule has 2 N–H and O–H groups in total. The molecule has 0 radical (unpaired) electrons. The van der Waals surface area contributed by atoms with Gasteiger partial charge in [-0.3, -0.25) is 4.68 Å². The predicted molar refractivity (Wildman–Crippen MR) is 76.4 cm³/mol. The first-order valence-electron chi connectivity index (χ1n) is 6.04. The number of nitrogens with one attached hydrogen (secondary N) is 2. The molecule has 0 aliphatic heterocycles. The largest absolute Gasteiger partial charge is 0.362 e. The number of hydrogen-bond donors (Lipinski definition) is 2. The third-order valence-corrected chi connectivity index (χ3v) is 2.84. The second-order valence-corrected chi connectivity index (χ2v) is 5.00. The van der Waals surface area contributed by atoms with Crippen LogP contribution in [0, 0.1) is 19.8 Å². The van der Waals surface area contributed by atoms with E-state index in [2.05, 4.69) is 43.4 Å². The summed E-state index contributed by atoms with van der Waals surface area (Å²) in [7, 11) is 0. The average Bonchev–Trinajstić information content (AvgIpc) is 2.53. The summed E-state index contributed by atoms with van der Waals surface area (Å²) in [6, 6.07) is 0. The molecule has 1 aromatic rings.